The zero-order chi connectivity index (χ0) is 15.9. The third-order valence-electron chi connectivity index (χ3n) is 2.80. The lowest BCUT2D eigenvalue weighted by molar-refractivity contribution is -0.137. The van der Waals surface area contributed by atoms with Crippen molar-refractivity contribution in [3.05, 3.63) is 59.1 Å². The number of carboxylic acid groups (broad SMARTS) is 1. The Bertz CT molecular complexity index is 653. The quantitative estimate of drug-likeness (QED) is 0.855. The molecule has 1 amide bonds. The van der Waals surface area contributed by atoms with Crippen LogP contribution < -0.4 is 10.1 Å². The predicted octanol–water partition coefficient (Wildman–Crippen LogP) is 3.45. The first-order valence-corrected chi connectivity index (χ1v) is 6.94. The van der Waals surface area contributed by atoms with E-state index in [2.05, 4.69) is 5.32 Å². The molecule has 2 aromatic rings. The van der Waals surface area contributed by atoms with Gasteiger partial charge in [-0.2, -0.15) is 0 Å². The molecule has 0 bridgehead atoms. The fraction of sp³-hybridized carbons (Fsp3) is 0.125. The maximum atomic E-state index is 12.1. The minimum absolute atomic E-state index is 0.0706. The third-order valence-corrected chi connectivity index (χ3v) is 3.06. The maximum Gasteiger partial charge on any atom is 0.306 e. The van der Waals surface area contributed by atoms with Crippen LogP contribution in [0.15, 0.2) is 48.5 Å². The molecule has 0 fully saturated rings. The van der Waals surface area contributed by atoms with Crippen LogP contribution in [-0.4, -0.2) is 23.6 Å². The lowest BCUT2D eigenvalue weighted by Gasteiger charge is -2.07. The molecular weight excluding hydrogens is 306 g/mol. The molecule has 0 unspecified atom stereocenters. The molecule has 2 N–H and O–H groups in total. The van der Waals surface area contributed by atoms with Crippen molar-refractivity contribution < 1.29 is 19.4 Å². The number of halogens is 1. The van der Waals surface area contributed by atoms with Gasteiger partial charge in [0.05, 0.1) is 13.0 Å². The summed E-state index contributed by atoms with van der Waals surface area (Å²) >= 11 is 5.78. The summed E-state index contributed by atoms with van der Waals surface area (Å²) in [6.07, 6.45) is -0.0706. The van der Waals surface area contributed by atoms with Gasteiger partial charge >= 0.3 is 5.97 Å². The van der Waals surface area contributed by atoms with Gasteiger partial charge in [0.25, 0.3) is 5.91 Å². The lowest BCUT2D eigenvalue weighted by Crippen LogP contribution is -2.11. The Morgan fingerprint density at radius 2 is 1.68 bits per heavy atom. The van der Waals surface area contributed by atoms with E-state index in [1.54, 1.807) is 48.5 Å². The number of aliphatic carboxylic acids is 1. The average molecular weight is 320 g/mol. The van der Waals surface area contributed by atoms with Crippen molar-refractivity contribution in [3.8, 4) is 5.75 Å². The van der Waals surface area contributed by atoms with E-state index in [0.29, 0.717) is 22.0 Å². The zero-order valence-electron chi connectivity index (χ0n) is 11.6. The van der Waals surface area contributed by atoms with Crippen LogP contribution in [0, 0.1) is 0 Å². The normalized spacial score (nSPS) is 10.0. The van der Waals surface area contributed by atoms with E-state index >= 15 is 0 Å². The summed E-state index contributed by atoms with van der Waals surface area (Å²) in [6, 6.07) is 13.3. The summed E-state index contributed by atoms with van der Waals surface area (Å²) < 4.78 is 5.26. The van der Waals surface area contributed by atoms with Gasteiger partial charge in [-0.3, -0.25) is 9.59 Å². The van der Waals surface area contributed by atoms with E-state index in [-0.39, 0.29) is 18.9 Å². The van der Waals surface area contributed by atoms with E-state index in [0.717, 1.165) is 0 Å². The second-order valence-electron chi connectivity index (χ2n) is 4.48. The molecule has 0 aliphatic carbocycles. The fourth-order valence-electron chi connectivity index (χ4n) is 1.70. The van der Waals surface area contributed by atoms with Crippen molar-refractivity contribution in [3.63, 3.8) is 0 Å². The van der Waals surface area contributed by atoms with Crippen molar-refractivity contribution >= 4 is 29.2 Å². The van der Waals surface area contributed by atoms with Crippen LogP contribution in [0.2, 0.25) is 5.02 Å². The third kappa shape index (κ3) is 4.79. The highest BCUT2D eigenvalue weighted by atomic mass is 35.5. The molecule has 0 aliphatic heterocycles. The number of rotatable bonds is 6. The number of nitrogens with one attached hydrogen (secondary N) is 1. The topological polar surface area (TPSA) is 75.6 Å². The van der Waals surface area contributed by atoms with Gasteiger partial charge in [0.2, 0.25) is 0 Å². The molecule has 5 nitrogen and oxygen atoms in total. The molecule has 2 rings (SSSR count). The average Bonchev–Trinajstić information content (AvgIpc) is 2.50. The molecule has 0 aliphatic rings. The molecule has 114 valence electrons. The molecule has 0 heterocycles. The first-order chi connectivity index (χ1) is 10.5. The van der Waals surface area contributed by atoms with Crippen LogP contribution in [0.4, 0.5) is 5.69 Å². The van der Waals surface area contributed by atoms with Crippen molar-refractivity contribution in [1.82, 2.24) is 0 Å². The number of anilines is 1. The second-order valence-corrected chi connectivity index (χ2v) is 4.91. The number of amides is 1. The van der Waals surface area contributed by atoms with Crippen LogP contribution in [0.3, 0.4) is 0 Å². The standard InChI is InChI=1S/C16H14ClNO4/c17-12-3-5-13(6-4-12)18-16(21)11-1-7-14(8-2-11)22-10-9-15(19)20/h1-8H,9-10H2,(H,18,21)(H,19,20). The Kier molecular flexibility index (Phi) is 5.38. The lowest BCUT2D eigenvalue weighted by atomic mass is 10.2. The summed E-state index contributed by atoms with van der Waals surface area (Å²) in [6.45, 7) is 0.0889. The van der Waals surface area contributed by atoms with E-state index in [9.17, 15) is 9.59 Å². The molecule has 0 spiro atoms. The van der Waals surface area contributed by atoms with Gasteiger partial charge in [-0.25, -0.2) is 0 Å². The molecule has 0 saturated heterocycles. The van der Waals surface area contributed by atoms with Crippen LogP contribution in [0.5, 0.6) is 5.75 Å². The highest BCUT2D eigenvalue weighted by Crippen LogP contribution is 2.16. The Hall–Kier alpha value is -2.53. The summed E-state index contributed by atoms with van der Waals surface area (Å²) in [5.74, 6) is -0.650. The van der Waals surface area contributed by atoms with E-state index < -0.39 is 5.97 Å². The van der Waals surface area contributed by atoms with Gasteiger partial charge in [-0.05, 0) is 48.5 Å². The number of carbonyl (C=O) groups is 2. The molecule has 0 saturated carbocycles. The largest absolute Gasteiger partial charge is 0.493 e. The smallest absolute Gasteiger partial charge is 0.306 e. The molecule has 6 heteroatoms. The molecule has 22 heavy (non-hydrogen) atoms. The predicted molar refractivity (Wildman–Crippen MR) is 83.6 cm³/mol. The molecule has 0 radical (unpaired) electrons. The number of hydrogen-bond acceptors (Lipinski definition) is 3. The molecular formula is C16H14ClNO4. The summed E-state index contributed by atoms with van der Waals surface area (Å²) in [5, 5.41) is 11.9. The van der Waals surface area contributed by atoms with E-state index in [1.165, 1.54) is 0 Å². The van der Waals surface area contributed by atoms with Crippen LogP contribution in [0.25, 0.3) is 0 Å². The van der Waals surface area contributed by atoms with E-state index in [4.69, 9.17) is 21.4 Å². The summed E-state index contributed by atoms with van der Waals surface area (Å²) in [5.41, 5.74) is 1.12. The highest BCUT2D eigenvalue weighted by molar-refractivity contribution is 6.30. The first-order valence-electron chi connectivity index (χ1n) is 6.56. The Labute approximate surface area is 132 Å². The zero-order valence-corrected chi connectivity index (χ0v) is 12.3. The van der Waals surface area contributed by atoms with Gasteiger partial charge in [0.15, 0.2) is 0 Å². The highest BCUT2D eigenvalue weighted by Gasteiger charge is 2.06. The van der Waals surface area contributed by atoms with Gasteiger partial charge in [-0.1, -0.05) is 11.6 Å². The monoisotopic (exact) mass is 319 g/mol. The SMILES string of the molecule is O=C(O)CCOc1ccc(C(=O)Nc2ccc(Cl)cc2)cc1. The van der Waals surface area contributed by atoms with Crippen LogP contribution >= 0.6 is 11.6 Å². The second kappa shape index (κ2) is 7.47. The van der Waals surface area contributed by atoms with Gasteiger partial charge < -0.3 is 15.2 Å². The summed E-state index contributed by atoms with van der Waals surface area (Å²) in [7, 11) is 0. The minimum Gasteiger partial charge on any atom is -0.493 e. The number of ether oxygens (including phenoxy) is 1. The van der Waals surface area contributed by atoms with Crippen molar-refractivity contribution in [1.29, 1.82) is 0 Å². The van der Waals surface area contributed by atoms with Crippen molar-refractivity contribution in [2.45, 2.75) is 6.42 Å². The molecule has 0 aromatic heterocycles. The van der Waals surface area contributed by atoms with Gasteiger partial charge in [0, 0.05) is 16.3 Å². The number of carboxylic acids is 1. The fourth-order valence-corrected chi connectivity index (χ4v) is 1.82. The number of carbonyl (C=O) groups excluding carboxylic acids is 1. The minimum atomic E-state index is -0.918. The van der Waals surface area contributed by atoms with Crippen LogP contribution in [0.1, 0.15) is 16.8 Å². The first kappa shape index (κ1) is 15.9. The van der Waals surface area contributed by atoms with E-state index in [1.807, 2.05) is 0 Å². The van der Waals surface area contributed by atoms with Gasteiger partial charge in [-0.15, -0.1) is 0 Å². The summed E-state index contributed by atoms with van der Waals surface area (Å²) in [4.78, 5) is 22.4. The van der Waals surface area contributed by atoms with Crippen molar-refractivity contribution in [2.24, 2.45) is 0 Å². The molecule has 2 aromatic carbocycles. The van der Waals surface area contributed by atoms with Crippen LogP contribution in [-0.2, 0) is 4.79 Å². The molecule has 0 atom stereocenters. The Balaban J connectivity index is 1.93. The Morgan fingerprint density at radius 3 is 2.27 bits per heavy atom. The van der Waals surface area contributed by atoms with Gasteiger partial charge in [0.1, 0.15) is 5.75 Å². The number of hydrogen-bond donors (Lipinski definition) is 2. The maximum absolute atomic E-state index is 12.1. The Morgan fingerprint density at radius 1 is 1.05 bits per heavy atom. The number of benzene rings is 2. The van der Waals surface area contributed by atoms with Crippen molar-refractivity contribution in [2.75, 3.05) is 11.9 Å².